The van der Waals surface area contributed by atoms with Crippen molar-refractivity contribution in [2.75, 3.05) is 24.3 Å². The molecule has 1 aliphatic carbocycles. The maximum atomic E-state index is 11.9. The van der Waals surface area contributed by atoms with Crippen LogP contribution in [-0.2, 0) is 24.5 Å². The minimum absolute atomic E-state index is 0.0457. The summed E-state index contributed by atoms with van der Waals surface area (Å²) in [6.07, 6.45) is 3.38. The van der Waals surface area contributed by atoms with Crippen LogP contribution in [0.2, 0.25) is 0 Å². The maximum absolute atomic E-state index is 11.9. The minimum atomic E-state index is -3.27. The summed E-state index contributed by atoms with van der Waals surface area (Å²) in [4.78, 5) is 12.7. The van der Waals surface area contributed by atoms with Gasteiger partial charge in [-0.15, -0.1) is 0 Å². The molecule has 1 saturated heterocycles. The van der Waals surface area contributed by atoms with E-state index in [4.69, 9.17) is 5.11 Å². The van der Waals surface area contributed by atoms with Crippen molar-refractivity contribution in [3.05, 3.63) is 0 Å². The van der Waals surface area contributed by atoms with Gasteiger partial charge in [-0.2, -0.15) is 0 Å². The molecule has 3 atom stereocenters. The first-order chi connectivity index (χ1) is 9.60. The van der Waals surface area contributed by atoms with Crippen molar-refractivity contribution in [3.63, 3.8) is 0 Å². The molecule has 9 heteroatoms. The number of aliphatic carboxylic acids is 1. The Hall–Kier alpha value is -0.670. The van der Waals surface area contributed by atoms with Gasteiger partial charge >= 0.3 is 5.97 Å². The van der Waals surface area contributed by atoms with Gasteiger partial charge < -0.3 is 5.11 Å². The fourth-order valence-electron chi connectivity index (χ4n) is 3.50. The smallest absolute Gasteiger partial charge is 0.317 e. The molecule has 1 aliphatic heterocycles. The van der Waals surface area contributed by atoms with Gasteiger partial charge in [-0.05, 0) is 19.3 Å². The summed E-state index contributed by atoms with van der Waals surface area (Å²) in [7, 11) is -6.42. The number of carboxylic acids is 1. The minimum Gasteiger partial charge on any atom is -0.480 e. The quantitative estimate of drug-likeness (QED) is 0.721. The SMILES string of the molecule is CS(=O)(=O)C1CCCC1N(CC(=O)O)C1CCS(=O)(=O)C1. The lowest BCUT2D eigenvalue weighted by Gasteiger charge is -2.35. The van der Waals surface area contributed by atoms with Gasteiger partial charge in [0.25, 0.3) is 0 Å². The van der Waals surface area contributed by atoms with Gasteiger partial charge in [0.2, 0.25) is 0 Å². The van der Waals surface area contributed by atoms with Crippen LogP contribution in [0.25, 0.3) is 0 Å². The fraction of sp³-hybridized carbons (Fsp3) is 0.917. The summed E-state index contributed by atoms with van der Waals surface area (Å²) in [5.74, 6) is -1.09. The highest BCUT2D eigenvalue weighted by Crippen LogP contribution is 2.32. The van der Waals surface area contributed by atoms with E-state index in [2.05, 4.69) is 0 Å². The Bertz CT molecular complexity index is 612. The summed E-state index contributed by atoms with van der Waals surface area (Å²) in [6, 6.07) is -0.784. The molecule has 122 valence electrons. The van der Waals surface area contributed by atoms with E-state index in [-0.39, 0.29) is 18.1 Å². The highest BCUT2D eigenvalue weighted by Gasteiger charge is 2.44. The highest BCUT2D eigenvalue weighted by atomic mass is 32.2. The lowest BCUT2D eigenvalue weighted by molar-refractivity contribution is -0.139. The fourth-order valence-corrected chi connectivity index (χ4v) is 6.70. The van der Waals surface area contributed by atoms with Gasteiger partial charge in [-0.25, -0.2) is 16.8 Å². The number of hydrogen-bond donors (Lipinski definition) is 1. The van der Waals surface area contributed by atoms with Crippen molar-refractivity contribution < 1.29 is 26.7 Å². The molecule has 0 radical (unpaired) electrons. The second-order valence-corrected chi connectivity index (χ2v) is 10.5. The molecular formula is C12H21NO6S2. The van der Waals surface area contributed by atoms with Gasteiger partial charge in [0.05, 0.1) is 23.3 Å². The van der Waals surface area contributed by atoms with Gasteiger partial charge in [-0.1, -0.05) is 6.42 Å². The zero-order chi connectivity index (χ0) is 15.8. The van der Waals surface area contributed by atoms with Crippen molar-refractivity contribution in [1.82, 2.24) is 4.90 Å². The molecule has 2 aliphatic rings. The van der Waals surface area contributed by atoms with Gasteiger partial charge in [0, 0.05) is 18.3 Å². The molecule has 0 aromatic heterocycles. The Labute approximate surface area is 125 Å². The molecule has 1 saturated carbocycles. The van der Waals surface area contributed by atoms with Gasteiger partial charge in [-0.3, -0.25) is 9.69 Å². The van der Waals surface area contributed by atoms with Gasteiger partial charge in [0.15, 0.2) is 19.7 Å². The van der Waals surface area contributed by atoms with E-state index in [1.165, 1.54) is 6.26 Å². The van der Waals surface area contributed by atoms with Gasteiger partial charge in [0.1, 0.15) is 0 Å². The summed E-state index contributed by atoms with van der Waals surface area (Å²) < 4.78 is 47.0. The molecule has 0 spiro atoms. The molecule has 3 unspecified atom stereocenters. The third kappa shape index (κ3) is 3.95. The number of carbonyl (C=O) groups is 1. The van der Waals surface area contributed by atoms with E-state index in [1.54, 1.807) is 4.90 Å². The lowest BCUT2D eigenvalue weighted by Crippen LogP contribution is -2.51. The third-order valence-corrected chi connectivity index (χ3v) is 7.79. The van der Waals surface area contributed by atoms with Crippen LogP contribution in [-0.4, -0.2) is 74.5 Å². The number of sulfone groups is 2. The molecule has 0 aromatic rings. The Kier molecular flexibility index (Phi) is 4.65. The Morgan fingerprint density at radius 3 is 2.43 bits per heavy atom. The number of hydrogen-bond acceptors (Lipinski definition) is 6. The van der Waals surface area contributed by atoms with Crippen LogP contribution in [0, 0.1) is 0 Å². The monoisotopic (exact) mass is 339 g/mol. The van der Waals surface area contributed by atoms with Crippen molar-refractivity contribution in [2.45, 2.75) is 43.0 Å². The molecule has 21 heavy (non-hydrogen) atoms. The highest BCUT2D eigenvalue weighted by molar-refractivity contribution is 7.91. The summed E-state index contributed by atoms with van der Waals surface area (Å²) in [5.41, 5.74) is 0. The molecular weight excluding hydrogens is 318 g/mol. The van der Waals surface area contributed by atoms with E-state index < -0.39 is 43.0 Å². The lowest BCUT2D eigenvalue weighted by atomic mass is 10.1. The Morgan fingerprint density at radius 2 is 1.95 bits per heavy atom. The first-order valence-corrected chi connectivity index (χ1v) is 10.7. The van der Waals surface area contributed by atoms with E-state index in [9.17, 15) is 21.6 Å². The number of nitrogens with zero attached hydrogens (tertiary/aromatic N) is 1. The van der Waals surface area contributed by atoms with E-state index >= 15 is 0 Å². The first-order valence-electron chi connectivity index (χ1n) is 6.97. The Morgan fingerprint density at radius 1 is 1.29 bits per heavy atom. The molecule has 2 rings (SSSR count). The van der Waals surface area contributed by atoms with Crippen molar-refractivity contribution in [1.29, 1.82) is 0 Å². The molecule has 0 aromatic carbocycles. The van der Waals surface area contributed by atoms with Crippen LogP contribution in [0.3, 0.4) is 0 Å². The molecule has 1 heterocycles. The standard InChI is InChI=1S/C12H21NO6S2/c1-20(16,17)11-4-2-3-10(11)13(7-12(14)15)9-5-6-21(18,19)8-9/h9-11H,2-8H2,1H3,(H,14,15). The summed E-state index contributed by atoms with van der Waals surface area (Å²) in [5, 5.41) is 8.49. The van der Waals surface area contributed by atoms with E-state index in [1.807, 2.05) is 0 Å². The van der Waals surface area contributed by atoms with Crippen LogP contribution in [0.5, 0.6) is 0 Å². The van der Waals surface area contributed by atoms with Crippen LogP contribution in [0.15, 0.2) is 0 Å². The number of rotatable bonds is 5. The Balaban J connectivity index is 2.26. The van der Waals surface area contributed by atoms with Crippen molar-refractivity contribution in [3.8, 4) is 0 Å². The van der Waals surface area contributed by atoms with Crippen LogP contribution < -0.4 is 0 Å². The third-order valence-electron chi connectivity index (χ3n) is 4.39. The largest absolute Gasteiger partial charge is 0.480 e. The predicted molar refractivity (Wildman–Crippen MR) is 77.7 cm³/mol. The molecule has 2 fully saturated rings. The van der Waals surface area contributed by atoms with E-state index in [0.29, 0.717) is 19.3 Å². The van der Waals surface area contributed by atoms with Crippen LogP contribution in [0.1, 0.15) is 25.7 Å². The topological polar surface area (TPSA) is 109 Å². The zero-order valence-electron chi connectivity index (χ0n) is 11.9. The first kappa shape index (κ1) is 16.7. The second kappa shape index (κ2) is 5.85. The molecule has 0 amide bonds. The average Bonchev–Trinajstić information content (AvgIpc) is 2.91. The maximum Gasteiger partial charge on any atom is 0.317 e. The summed E-state index contributed by atoms with van der Waals surface area (Å²) in [6.45, 7) is -0.309. The van der Waals surface area contributed by atoms with Crippen molar-refractivity contribution >= 4 is 25.6 Å². The normalized spacial score (nSPS) is 32.6. The predicted octanol–water partition coefficient (Wildman–Crippen LogP) is -0.474. The van der Waals surface area contributed by atoms with Crippen LogP contribution >= 0.6 is 0 Å². The van der Waals surface area contributed by atoms with E-state index in [0.717, 1.165) is 6.42 Å². The molecule has 0 bridgehead atoms. The average molecular weight is 339 g/mol. The van der Waals surface area contributed by atoms with Crippen molar-refractivity contribution in [2.24, 2.45) is 0 Å². The zero-order valence-corrected chi connectivity index (χ0v) is 13.6. The molecule has 1 N–H and O–H groups in total. The summed E-state index contributed by atoms with van der Waals surface area (Å²) >= 11 is 0. The molecule has 7 nitrogen and oxygen atoms in total. The second-order valence-electron chi connectivity index (χ2n) is 5.99. The van der Waals surface area contributed by atoms with Crippen LogP contribution in [0.4, 0.5) is 0 Å². The number of carboxylic acid groups (broad SMARTS) is 1.